The first kappa shape index (κ1) is 26.0. The number of halogens is 2. The predicted octanol–water partition coefficient (Wildman–Crippen LogP) is 5.18. The van der Waals surface area contributed by atoms with E-state index in [0.29, 0.717) is 46.8 Å². The lowest BCUT2D eigenvalue weighted by Gasteiger charge is -2.41. The summed E-state index contributed by atoms with van der Waals surface area (Å²) < 4.78 is 8.03. The van der Waals surface area contributed by atoms with Crippen LogP contribution in [0.25, 0.3) is 11.0 Å². The number of amides is 1. The number of ether oxygens (including phenoxy) is 1. The smallest absolute Gasteiger partial charge is 0.259 e. The highest BCUT2D eigenvalue weighted by atomic mass is 35.5. The highest BCUT2D eigenvalue weighted by molar-refractivity contribution is 6.42. The van der Waals surface area contributed by atoms with Gasteiger partial charge >= 0.3 is 0 Å². The first-order valence-corrected chi connectivity index (χ1v) is 13.8. The van der Waals surface area contributed by atoms with Crippen molar-refractivity contribution in [2.24, 2.45) is 0 Å². The number of aryl methyl sites for hydroxylation is 2. The molecule has 0 radical (unpaired) electrons. The van der Waals surface area contributed by atoms with Crippen molar-refractivity contribution >= 4 is 40.1 Å². The third-order valence-electron chi connectivity index (χ3n) is 7.57. The Morgan fingerprint density at radius 2 is 1.76 bits per heavy atom. The molecule has 0 unspecified atom stereocenters. The third kappa shape index (κ3) is 5.49. The molecule has 2 fully saturated rings. The molecule has 1 aromatic carbocycles. The van der Waals surface area contributed by atoms with E-state index in [1.165, 1.54) is 0 Å². The van der Waals surface area contributed by atoms with E-state index in [9.17, 15) is 9.59 Å². The summed E-state index contributed by atoms with van der Waals surface area (Å²) in [5, 5.41) is 1.53. The Morgan fingerprint density at radius 1 is 1.03 bits per heavy atom. The number of carbonyl (C=O) groups excluding carboxylic acids is 1. The van der Waals surface area contributed by atoms with Crippen molar-refractivity contribution in [3.8, 4) is 5.75 Å². The maximum absolute atomic E-state index is 13.4. The van der Waals surface area contributed by atoms with Crippen molar-refractivity contribution in [1.29, 1.82) is 0 Å². The highest BCUT2D eigenvalue weighted by Gasteiger charge is 2.31. The van der Waals surface area contributed by atoms with Gasteiger partial charge in [0.1, 0.15) is 23.1 Å². The number of pyridine rings is 2. The Bertz CT molecular complexity index is 1360. The Morgan fingerprint density at radius 3 is 2.43 bits per heavy atom. The summed E-state index contributed by atoms with van der Waals surface area (Å²) in [7, 11) is 0. The van der Waals surface area contributed by atoms with Gasteiger partial charge < -0.3 is 14.2 Å². The number of piperidine rings is 2. The molecule has 9 heteroatoms. The Kier molecular flexibility index (Phi) is 7.75. The molecule has 0 atom stereocenters. The van der Waals surface area contributed by atoms with Crippen LogP contribution in [0.15, 0.2) is 41.3 Å². The van der Waals surface area contributed by atoms with Gasteiger partial charge in [-0.05, 0) is 63.8 Å². The number of likely N-dealkylation sites (tertiary alicyclic amines) is 2. The fourth-order valence-corrected chi connectivity index (χ4v) is 5.75. The molecule has 3 aromatic rings. The lowest BCUT2D eigenvalue weighted by atomic mass is 9.98. The molecule has 37 heavy (non-hydrogen) atoms. The zero-order valence-corrected chi connectivity index (χ0v) is 22.8. The van der Waals surface area contributed by atoms with E-state index < -0.39 is 0 Å². The fraction of sp³-hybridized carbons (Fsp3) is 0.464. The molecular weight excluding hydrogens is 511 g/mol. The van der Waals surface area contributed by atoms with Gasteiger partial charge in [0.05, 0.1) is 15.4 Å². The van der Waals surface area contributed by atoms with Crippen LogP contribution in [0.5, 0.6) is 5.75 Å². The molecule has 7 nitrogen and oxygen atoms in total. The predicted molar refractivity (Wildman–Crippen MR) is 147 cm³/mol. The van der Waals surface area contributed by atoms with E-state index in [2.05, 4.69) is 9.88 Å². The molecule has 4 heterocycles. The van der Waals surface area contributed by atoms with E-state index in [-0.39, 0.29) is 23.0 Å². The summed E-state index contributed by atoms with van der Waals surface area (Å²) in [6, 6.07) is 9.43. The van der Waals surface area contributed by atoms with Crippen molar-refractivity contribution in [2.75, 3.05) is 26.2 Å². The summed E-state index contributed by atoms with van der Waals surface area (Å²) in [4.78, 5) is 35.4. The summed E-state index contributed by atoms with van der Waals surface area (Å²) in [5.41, 5.74) is 1.48. The Balaban J connectivity index is 1.18. The minimum absolute atomic E-state index is 0.155. The van der Waals surface area contributed by atoms with Crippen LogP contribution in [0.2, 0.25) is 10.0 Å². The second kappa shape index (κ2) is 11.0. The lowest BCUT2D eigenvalue weighted by molar-refractivity contribution is 0.0424. The quantitative estimate of drug-likeness (QED) is 0.444. The van der Waals surface area contributed by atoms with Crippen molar-refractivity contribution in [1.82, 2.24) is 19.4 Å². The van der Waals surface area contributed by atoms with Gasteiger partial charge in [-0.1, -0.05) is 23.2 Å². The number of fused-ring (bicyclic) bond motifs is 1. The fourth-order valence-electron chi connectivity index (χ4n) is 5.46. The molecule has 2 aliphatic heterocycles. The van der Waals surface area contributed by atoms with Crippen LogP contribution in [-0.2, 0) is 6.54 Å². The first-order valence-electron chi connectivity index (χ1n) is 13.0. The Labute approximate surface area is 226 Å². The van der Waals surface area contributed by atoms with Crippen LogP contribution < -0.4 is 10.2 Å². The van der Waals surface area contributed by atoms with Crippen molar-refractivity contribution in [3.05, 3.63) is 68.1 Å². The van der Waals surface area contributed by atoms with Gasteiger partial charge in [0.2, 0.25) is 5.43 Å². The zero-order chi connectivity index (χ0) is 26.1. The van der Waals surface area contributed by atoms with Crippen LogP contribution in [0.4, 0.5) is 0 Å². The maximum atomic E-state index is 13.4. The van der Waals surface area contributed by atoms with Gasteiger partial charge in [-0.2, -0.15) is 0 Å². The summed E-state index contributed by atoms with van der Waals surface area (Å²) >= 11 is 12.1. The van der Waals surface area contributed by atoms with Gasteiger partial charge in [-0.25, -0.2) is 4.98 Å². The second-order valence-electron chi connectivity index (χ2n) is 9.93. The number of hydrogen-bond acceptors (Lipinski definition) is 5. The average molecular weight is 543 g/mol. The van der Waals surface area contributed by atoms with Gasteiger partial charge in [-0.3, -0.25) is 14.5 Å². The van der Waals surface area contributed by atoms with Gasteiger partial charge in [-0.15, -0.1) is 0 Å². The average Bonchev–Trinajstić information content (AvgIpc) is 2.91. The molecule has 2 aromatic heterocycles. The van der Waals surface area contributed by atoms with Gasteiger partial charge in [0, 0.05) is 56.7 Å². The number of carbonyl (C=O) groups is 1. The molecule has 196 valence electrons. The van der Waals surface area contributed by atoms with E-state index in [4.69, 9.17) is 27.9 Å². The van der Waals surface area contributed by atoms with E-state index >= 15 is 0 Å². The lowest BCUT2D eigenvalue weighted by Crippen LogP contribution is -2.50. The number of benzene rings is 1. The van der Waals surface area contributed by atoms with Crippen LogP contribution in [0.3, 0.4) is 0 Å². The van der Waals surface area contributed by atoms with Crippen LogP contribution in [-0.4, -0.2) is 63.6 Å². The minimum atomic E-state index is -0.233. The summed E-state index contributed by atoms with van der Waals surface area (Å²) in [5.74, 6) is 0.572. The van der Waals surface area contributed by atoms with Crippen molar-refractivity contribution in [3.63, 3.8) is 0 Å². The molecule has 0 aliphatic carbocycles. The maximum Gasteiger partial charge on any atom is 0.259 e. The number of aromatic nitrogens is 2. The molecule has 0 bridgehead atoms. The molecule has 2 saturated heterocycles. The van der Waals surface area contributed by atoms with E-state index in [0.717, 1.165) is 50.2 Å². The zero-order valence-electron chi connectivity index (χ0n) is 21.3. The van der Waals surface area contributed by atoms with E-state index in [1.807, 2.05) is 35.4 Å². The first-order chi connectivity index (χ1) is 17.8. The highest BCUT2D eigenvalue weighted by Crippen LogP contribution is 2.29. The van der Waals surface area contributed by atoms with Crippen molar-refractivity contribution < 1.29 is 9.53 Å². The van der Waals surface area contributed by atoms with Gasteiger partial charge in [0.15, 0.2) is 0 Å². The molecule has 1 amide bonds. The van der Waals surface area contributed by atoms with Gasteiger partial charge in [0.25, 0.3) is 5.91 Å². The molecule has 0 saturated carbocycles. The topological polar surface area (TPSA) is 67.7 Å². The molecule has 2 aliphatic rings. The largest absolute Gasteiger partial charge is 0.490 e. The van der Waals surface area contributed by atoms with Crippen LogP contribution in [0.1, 0.15) is 48.7 Å². The summed E-state index contributed by atoms with van der Waals surface area (Å²) in [6.07, 6.45) is 5.54. The molecule has 0 spiro atoms. The minimum Gasteiger partial charge on any atom is -0.490 e. The molecular formula is C28H32Cl2N4O3. The Hall–Kier alpha value is -2.61. The summed E-state index contributed by atoms with van der Waals surface area (Å²) in [6.45, 7) is 7.76. The number of rotatable bonds is 5. The SMILES string of the molecule is CCn1cc(C(=O)N2CCC(N3CCC(Oc4ccc(Cl)c(Cl)c4)CC3)CC2)c(=O)c2ccc(C)nc21. The monoisotopic (exact) mass is 542 g/mol. The normalized spacial score (nSPS) is 17.9. The standard InChI is InChI=1S/C28H32Cl2N4O3/c1-3-32-17-23(26(35)22-6-4-18(2)31-27(22)32)28(36)34-12-8-19(9-13-34)33-14-10-20(11-15-33)37-21-5-7-24(29)25(30)16-21/h4-7,16-17,19-20H,3,8-15H2,1-2H3. The van der Waals surface area contributed by atoms with Crippen LogP contribution >= 0.6 is 23.2 Å². The second-order valence-corrected chi connectivity index (χ2v) is 10.7. The van der Waals surface area contributed by atoms with E-state index in [1.54, 1.807) is 24.4 Å². The third-order valence-corrected chi connectivity index (χ3v) is 8.31. The number of nitrogens with zero attached hydrogens (tertiary/aromatic N) is 4. The molecule has 0 N–H and O–H groups in total. The number of hydrogen-bond donors (Lipinski definition) is 0. The molecule has 5 rings (SSSR count). The van der Waals surface area contributed by atoms with Crippen molar-refractivity contribution in [2.45, 2.75) is 58.2 Å². The van der Waals surface area contributed by atoms with Crippen LogP contribution in [0, 0.1) is 6.92 Å².